The van der Waals surface area contributed by atoms with Gasteiger partial charge in [-0.1, -0.05) is 55.8 Å². The average molecular weight is 496 g/mol. The highest BCUT2D eigenvalue weighted by Crippen LogP contribution is 2.27. The van der Waals surface area contributed by atoms with Gasteiger partial charge < -0.3 is 9.30 Å². The molecule has 0 bridgehead atoms. The number of ether oxygens (including phenoxy) is 1. The summed E-state index contributed by atoms with van der Waals surface area (Å²) in [5.41, 5.74) is 1.88. The van der Waals surface area contributed by atoms with E-state index < -0.39 is 15.3 Å². The van der Waals surface area contributed by atoms with Crippen molar-refractivity contribution in [2.45, 2.75) is 43.0 Å². The first-order valence-electron chi connectivity index (χ1n) is 11.1. The Morgan fingerprint density at radius 3 is 2.35 bits per heavy atom. The lowest BCUT2D eigenvalue weighted by Gasteiger charge is -2.16. The fraction of sp³-hybridized carbons (Fsp3) is 0.222. The summed E-state index contributed by atoms with van der Waals surface area (Å²) in [6.07, 6.45) is 1.42. The summed E-state index contributed by atoms with van der Waals surface area (Å²) < 4.78 is 34.5. The van der Waals surface area contributed by atoms with Gasteiger partial charge in [-0.2, -0.15) is 0 Å². The molecule has 0 aliphatic rings. The molecule has 1 heterocycles. The van der Waals surface area contributed by atoms with Gasteiger partial charge in [-0.15, -0.1) is 0 Å². The van der Waals surface area contributed by atoms with Crippen molar-refractivity contribution in [1.82, 2.24) is 4.57 Å². The third-order valence-corrected chi connectivity index (χ3v) is 7.91. The van der Waals surface area contributed by atoms with Crippen molar-refractivity contribution in [1.29, 1.82) is 0 Å². The van der Waals surface area contributed by atoms with E-state index in [4.69, 9.17) is 16.3 Å². The van der Waals surface area contributed by atoms with E-state index in [1.54, 1.807) is 53.1 Å². The van der Waals surface area contributed by atoms with Crippen LogP contribution in [0.25, 0.3) is 10.9 Å². The molecule has 4 aromatic rings. The van der Waals surface area contributed by atoms with E-state index in [9.17, 15) is 13.2 Å². The molecule has 0 atom stereocenters. The Labute approximate surface area is 204 Å². The minimum atomic E-state index is -4.06. The zero-order valence-electron chi connectivity index (χ0n) is 19.3. The number of pyridine rings is 1. The van der Waals surface area contributed by atoms with Crippen molar-refractivity contribution in [3.05, 3.63) is 99.3 Å². The molecule has 1 aromatic heterocycles. The lowest BCUT2D eigenvalue weighted by molar-refractivity contribution is 0.340. The summed E-state index contributed by atoms with van der Waals surface area (Å²) in [6.45, 7) is 6.66. The molecule has 0 spiro atoms. The maximum atomic E-state index is 13.6. The molecule has 4 rings (SSSR count). The fourth-order valence-electron chi connectivity index (χ4n) is 3.90. The first-order chi connectivity index (χ1) is 16.2. The monoisotopic (exact) mass is 495 g/mol. The number of hydrogen-bond acceptors (Lipinski definition) is 4. The van der Waals surface area contributed by atoms with Gasteiger partial charge in [0.1, 0.15) is 10.6 Å². The largest absolute Gasteiger partial charge is 0.494 e. The van der Waals surface area contributed by atoms with E-state index in [1.165, 1.54) is 6.20 Å². The van der Waals surface area contributed by atoms with Crippen LogP contribution in [0.3, 0.4) is 0 Å². The Bertz CT molecular complexity index is 1510. The van der Waals surface area contributed by atoms with Crippen LogP contribution in [-0.2, 0) is 16.4 Å². The van der Waals surface area contributed by atoms with Crippen LogP contribution in [0, 0.1) is 0 Å². The Kier molecular flexibility index (Phi) is 6.82. The molecular formula is C27H26ClNO4S. The smallest absolute Gasteiger partial charge is 0.211 e. The van der Waals surface area contributed by atoms with Crippen LogP contribution in [0.5, 0.6) is 5.75 Å². The normalized spacial score (nSPS) is 11.8. The molecule has 0 radical (unpaired) electrons. The van der Waals surface area contributed by atoms with E-state index in [0.717, 1.165) is 11.1 Å². The summed E-state index contributed by atoms with van der Waals surface area (Å²) >= 11 is 6.38. The molecule has 3 aromatic carbocycles. The molecule has 0 fully saturated rings. The molecule has 7 heteroatoms. The number of rotatable bonds is 7. The van der Waals surface area contributed by atoms with Gasteiger partial charge in [0.15, 0.2) is 0 Å². The van der Waals surface area contributed by atoms with Crippen LogP contribution < -0.4 is 10.2 Å². The number of fused-ring (bicyclic) bond motifs is 1. The quantitative estimate of drug-likeness (QED) is 0.312. The average Bonchev–Trinajstić information content (AvgIpc) is 2.82. The number of halogens is 1. The number of benzene rings is 3. The first kappa shape index (κ1) is 24.0. The van der Waals surface area contributed by atoms with Gasteiger partial charge in [-0.3, -0.25) is 4.79 Å². The predicted molar refractivity (Wildman–Crippen MR) is 136 cm³/mol. The van der Waals surface area contributed by atoms with Gasteiger partial charge in [0.05, 0.1) is 22.4 Å². The van der Waals surface area contributed by atoms with Crippen LogP contribution in [0.1, 0.15) is 37.8 Å². The van der Waals surface area contributed by atoms with Gasteiger partial charge in [0.2, 0.25) is 15.3 Å². The Balaban J connectivity index is 1.94. The van der Waals surface area contributed by atoms with Crippen molar-refractivity contribution in [2.75, 3.05) is 6.61 Å². The van der Waals surface area contributed by atoms with E-state index in [1.807, 2.05) is 39.0 Å². The van der Waals surface area contributed by atoms with Crippen molar-refractivity contribution >= 4 is 32.3 Å². The third-order valence-electron chi connectivity index (χ3n) is 5.78. The fourth-order valence-corrected chi connectivity index (χ4v) is 5.46. The van der Waals surface area contributed by atoms with Gasteiger partial charge in [0, 0.05) is 17.8 Å². The number of nitrogens with zero attached hydrogens (tertiary/aromatic N) is 1. The molecule has 5 nitrogen and oxygen atoms in total. The maximum absolute atomic E-state index is 13.6. The van der Waals surface area contributed by atoms with Crippen molar-refractivity contribution < 1.29 is 13.2 Å². The van der Waals surface area contributed by atoms with E-state index >= 15 is 0 Å². The van der Waals surface area contributed by atoms with E-state index in [-0.39, 0.29) is 21.1 Å². The van der Waals surface area contributed by atoms with Crippen LogP contribution in [0.15, 0.2) is 87.5 Å². The highest BCUT2D eigenvalue weighted by atomic mass is 35.5. The second-order valence-electron chi connectivity index (χ2n) is 8.38. The minimum absolute atomic E-state index is 0.0820. The predicted octanol–water partition coefficient (Wildman–Crippen LogP) is 6.06. The molecule has 0 saturated heterocycles. The summed E-state index contributed by atoms with van der Waals surface area (Å²) in [4.78, 5) is 13.3. The summed E-state index contributed by atoms with van der Waals surface area (Å²) in [5, 5.41) is 0.840. The topological polar surface area (TPSA) is 65.4 Å². The van der Waals surface area contributed by atoms with Gasteiger partial charge in [0.25, 0.3) is 0 Å². The van der Waals surface area contributed by atoms with Crippen molar-refractivity contribution in [3.63, 3.8) is 0 Å². The zero-order chi connectivity index (χ0) is 24.5. The molecule has 0 saturated carbocycles. The standard InChI is InChI=1S/C27H26ClNO4S/c1-4-33-21-11-14-25-23(15-21)27(30)26(17-29(25)16-20-7-5-6-8-24(20)28)34(31,32)22-12-9-19(10-13-22)18(2)3/h5-15,17-18H,4,16H2,1-3H3. The molecule has 0 unspecified atom stereocenters. The number of aromatic nitrogens is 1. The van der Waals surface area contributed by atoms with Gasteiger partial charge in [-0.05, 0) is 60.4 Å². The van der Waals surface area contributed by atoms with E-state index in [0.29, 0.717) is 29.4 Å². The first-order valence-corrected chi connectivity index (χ1v) is 13.0. The second-order valence-corrected chi connectivity index (χ2v) is 10.7. The van der Waals surface area contributed by atoms with Gasteiger partial charge >= 0.3 is 0 Å². The molecule has 176 valence electrons. The number of hydrogen-bond donors (Lipinski definition) is 0. The van der Waals surface area contributed by atoms with E-state index in [2.05, 4.69) is 0 Å². The Hall–Kier alpha value is -3.09. The molecule has 0 N–H and O–H groups in total. The van der Waals surface area contributed by atoms with Crippen LogP contribution in [0.2, 0.25) is 5.02 Å². The van der Waals surface area contributed by atoms with Crippen molar-refractivity contribution in [2.24, 2.45) is 0 Å². The summed E-state index contributed by atoms with van der Waals surface area (Å²) in [5.74, 6) is 0.773. The van der Waals surface area contributed by atoms with Crippen molar-refractivity contribution in [3.8, 4) is 5.75 Å². The Morgan fingerprint density at radius 1 is 1.00 bits per heavy atom. The molecular weight excluding hydrogens is 470 g/mol. The molecule has 0 aliphatic heterocycles. The zero-order valence-corrected chi connectivity index (χ0v) is 20.9. The molecule has 0 aliphatic carbocycles. The Morgan fingerprint density at radius 2 is 1.71 bits per heavy atom. The van der Waals surface area contributed by atoms with Crippen LogP contribution >= 0.6 is 11.6 Å². The van der Waals surface area contributed by atoms with Gasteiger partial charge in [-0.25, -0.2) is 8.42 Å². The molecule has 0 amide bonds. The summed E-state index contributed by atoms with van der Waals surface area (Å²) in [7, 11) is -4.06. The van der Waals surface area contributed by atoms with Crippen LogP contribution in [0.4, 0.5) is 0 Å². The lowest BCUT2D eigenvalue weighted by atomic mass is 10.0. The lowest BCUT2D eigenvalue weighted by Crippen LogP contribution is -2.20. The highest BCUT2D eigenvalue weighted by Gasteiger charge is 2.24. The third kappa shape index (κ3) is 4.61. The van der Waals surface area contributed by atoms with Crippen LogP contribution in [-0.4, -0.2) is 19.6 Å². The maximum Gasteiger partial charge on any atom is 0.211 e. The minimum Gasteiger partial charge on any atom is -0.494 e. The number of sulfone groups is 1. The highest BCUT2D eigenvalue weighted by molar-refractivity contribution is 7.91. The molecule has 34 heavy (non-hydrogen) atoms. The SMILES string of the molecule is CCOc1ccc2c(c1)c(=O)c(S(=O)(=O)c1ccc(C(C)C)cc1)cn2Cc1ccccc1Cl. The second kappa shape index (κ2) is 9.65. The summed E-state index contributed by atoms with van der Waals surface area (Å²) in [6, 6.07) is 19.2.